The van der Waals surface area contributed by atoms with Crippen LogP contribution in [0.3, 0.4) is 0 Å². The van der Waals surface area contributed by atoms with Crippen LogP contribution in [-0.4, -0.2) is 30.2 Å². The van der Waals surface area contributed by atoms with Gasteiger partial charge in [-0.3, -0.25) is 10.2 Å². The van der Waals surface area contributed by atoms with Gasteiger partial charge in [0.05, 0.1) is 0 Å². The first kappa shape index (κ1) is 6.43. The van der Waals surface area contributed by atoms with Gasteiger partial charge in [0.25, 0.3) is 0 Å². The minimum absolute atomic E-state index is 0.611. The molecule has 0 fully saturated rings. The monoisotopic (exact) mass is 102 g/mol. The van der Waals surface area contributed by atoms with Crippen LogP contribution in [0.4, 0.5) is 0 Å². The fraction of sp³-hybridized carbons (Fsp3) is 0.750. The van der Waals surface area contributed by atoms with E-state index < -0.39 is 0 Å². The second kappa shape index (κ2) is 2.58. The maximum atomic E-state index is 8.52. The molecule has 0 bridgehead atoms. The summed E-state index contributed by atoms with van der Waals surface area (Å²) in [5.41, 5.74) is 0. The van der Waals surface area contributed by atoms with Gasteiger partial charge < -0.3 is 0 Å². The first-order valence-corrected chi connectivity index (χ1v) is 2.04. The number of hydrogen-bond donors (Lipinski definition) is 1. The molecule has 0 aliphatic heterocycles. The number of amidine groups is 1. The molecule has 0 radical (unpaired) electrons. The molecule has 0 unspecified atom stereocenters. The zero-order chi connectivity index (χ0) is 5.86. The molecule has 0 atom stereocenters. The van der Waals surface area contributed by atoms with E-state index >= 15 is 0 Å². The first-order valence-electron chi connectivity index (χ1n) is 2.04. The van der Waals surface area contributed by atoms with Crippen LogP contribution < -0.4 is 0 Å². The molecule has 0 saturated heterocycles. The number of nitrogens with zero attached hydrogens (tertiary/aromatic N) is 2. The largest absolute Gasteiger partial charge is 0.288 e. The molecule has 3 nitrogen and oxygen atoms in total. The summed E-state index contributed by atoms with van der Waals surface area (Å²) in [6, 6.07) is 0. The summed E-state index contributed by atoms with van der Waals surface area (Å²) < 4.78 is 0. The SMILES string of the molecule is CN=C(C)N(C)O. The molecule has 7 heavy (non-hydrogen) atoms. The van der Waals surface area contributed by atoms with E-state index in [2.05, 4.69) is 4.99 Å². The smallest absolute Gasteiger partial charge is 0.119 e. The third-order valence-corrected chi connectivity index (χ3v) is 0.792. The topological polar surface area (TPSA) is 35.8 Å². The molecule has 0 aliphatic carbocycles. The molecule has 0 amide bonds. The molecule has 0 aromatic heterocycles. The highest BCUT2D eigenvalue weighted by atomic mass is 16.5. The summed E-state index contributed by atoms with van der Waals surface area (Å²) in [5.74, 6) is 0.611. The van der Waals surface area contributed by atoms with E-state index in [9.17, 15) is 0 Å². The summed E-state index contributed by atoms with van der Waals surface area (Å²) in [6.45, 7) is 1.72. The summed E-state index contributed by atoms with van der Waals surface area (Å²) in [7, 11) is 3.16. The van der Waals surface area contributed by atoms with Crippen molar-refractivity contribution >= 4 is 5.84 Å². The summed E-state index contributed by atoms with van der Waals surface area (Å²) in [6.07, 6.45) is 0. The second-order valence-corrected chi connectivity index (χ2v) is 1.29. The Kier molecular flexibility index (Phi) is 2.37. The van der Waals surface area contributed by atoms with Gasteiger partial charge in [-0.25, -0.2) is 5.06 Å². The number of hydrogen-bond acceptors (Lipinski definition) is 2. The first-order chi connectivity index (χ1) is 3.18. The van der Waals surface area contributed by atoms with E-state index in [1.54, 1.807) is 14.0 Å². The molecule has 0 rings (SSSR count). The lowest BCUT2D eigenvalue weighted by Crippen LogP contribution is -2.18. The van der Waals surface area contributed by atoms with Gasteiger partial charge >= 0.3 is 0 Å². The fourth-order valence-electron chi connectivity index (χ4n) is 0.145. The van der Waals surface area contributed by atoms with Crippen LogP contribution in [-0.2, 0) is 0 Å². The average Bonchev–Trinajstić information content (AvgIpc) is 1.65. The molecule has 0 aromatic rings. The maximum absolute atomic E-state index is 8.52. The minimum atomic E-state index is 0.611. The Morgan fingerprint density at radius 2 is 2.14 bits per heavy atom. The number of aliphatic imine (C=N–C) groups is 1. The van der Waals surface area contributed by atoms with Crippen molar-refractivity contribution in [3.8, 4) is 0 Å². The molecule has 3 heteroatoms. The third-order valence-electron chi connectivity index (χ3n) is 0.792. The number of rotatable bonds is 0. The summed E-state index contributed by atoms with van der Waals surface area (Å²) in [5, 5.41) is 9.50. The molecule has 0 aliphatic rings. The van der Waals surface area contributed by atoms with Crippen molar-refractivity contribution in [2.24, 2.45) is 4.99 Å². The Balaban J connectivity index is 3.56. The van der Waals surface area contributed by atoms with Gasteiger partial charge in [0.15, 0.2) is 0 Å². The van der Waals surface area contributed by atoms with Gasteiger partial charge in [0.1, 0.15) is 5.84 Å². The summed E-state index contributed by atoms with van der Waals surface area (Å²) >= 11 is 0. The van der Waals surface area contributed by atoms with E-state index in [1.807, 2.05) is 0 Å². The maximum Gasteiger partial charge on any atom is 0.119 e. The van der Waals surface area contributed by atoms with Crippen LogP contribution in [0.15, 0.2) is 4.99 Å². The number of hydroxylamine groups is 2. The van der Waals surface area contributed by atoms with Crippen molar-refractivity contribution < 1.29 is 5.21 Å². The van der Waals surface area contributed by atoms with Crippen LogP contribution in [0.25, 0.3) is 0 Å². The Bertz CT molecular complexity index is 77.8. The quantitative estimate of drug-likeness (QED) is 0.272. The predicted octanol–water partition coefficient (Wildman–Crippen LogP) is 0.356. The average molecular weight is 102 g/mol. The van der Waals surface area contributed by atoms with E-state index in [1.165, 1.54) is 7.05 Å². The van der Waals surface area contributed by atoms with Crippen LogP contribution in [0, 0.1) is 0 Å². The van der Waals surface area contributed by atoms with Crippen LogP contribution in [0.1, 0.15) is 6.92 Å². The standard InChI is InChI=1S/C4H10N2O/c1-4(5-2)6(3)7/h7H,1-3H3. The third kappa shape index (κ3) is 2.17. The highest BCUT2D eigenvalue weighted by molar-refractivity contribution is 5.77. The molecule has 0 saturated carbocycles. The van der Waals surface area contributed by atoms with Crippen LogP contribution in [0.2, 0.25) is 0 Å². The molecular formula is C4H10N2O. The lowest BCUT2D eigenvalue weighted by molar-refractivity contribution is 0.0127. The van der Waals surface area contributed by atoms with Gasteiger partial charge in [0, 0.05) is 14.1 Å². The van der Waals surface area contributed by atoms with E-state index in [-0.39, 0.29) is 0 Å². The van der Waals surface area contributed by atoms with Gasteiger partial charge in [-0.2, -0.15) is 0 Å². The van der Waals surface area contributed by atoms with Gasteiger partial charge in [-0.05, 0) is 6.92 Å². The predicted molar refractivity (Wildman–Crippen MR) is 28.6 cm³/mol. The highest BCUT2D eigenvalue weighted by Crippen LogP contribution is 1.76. The van der Waals surface area contributed by atoms with Crippen molar-refractivity contribution in [3.05, 3.63) is 0 Å². The van der Waals surface area contributed by atoms with Crippen molar-refractivity contribution in [1.29, 1.82) is 0 Å². The van der Waals surface area contributed by atoms with Crippen molar-refractivity contribution in [3.63, 3.8) is 0 Å². The lowest BCUT2D eigenvalue weighted by atomic mass is 10.7. The Morgan fingerprint density at radius 3 is 2.14 bits per heavy atom. The van der Waals surface area contributed by atoms with Gasteiger partial charge in [-0.1, -0.05) is 0 Å². The van der Waals surface area contributed by atoms with Crippen molar-refractivity contribution in [2.75, 3.05) is 14.1 Å². The zero-order valence-corrected chi connectivity index (χ0v) is 4.84. The molecule has 0 spiro atoms. The summed E-state index contributed by atoms with van der Waals surface area (Å²) in [4.78, 5) is 3.68. The van der Waals surface area contributed by atoms with Crippen molar-refractivity contribution in [1.82, 2.24) is 5.06 Å². The molecule has 1 N–H and O–H groups in total. The molecule has 0 aromatic carbocycles. The highest BCUT2D eigenvalue weighted by Gasteiger charge is 1.87. The lowest BCUT2D eigenvalue weighted by Gasteiger charge is -2.06. The van der Waals surface area contributed by atoms with E-state index in [4.69, 9.17) is 5.21 Å². The van der Waals surface area contributed by atoms with E-state index in [0.717, 1.165) is 5.06 Å². The fourth-order valence-corrected chi connectivity index (χ4v) is 0.145. The molecule has 42 valence electrons. The van der Waals surface area contributed by atoms with E-state index in [0.29, 0.717) is 5.84 Å². The Labute approximate surface area is 43.2 Å². The Morgan fingerprint density at radius 1 is 1.71 bits per heavy atom. The zero-order valence-electron chi connectivity index (χ0n) is 4.84. The molecule has 0 heterocycles. The second-order valence-electron chi connectivity index (χ2n) is 1.29. The van der Waals surface area contributed by atoms with Crippen LogP contribution in [0.5, 0.6) is 0 Å². The minimum Gasteiger partial charge on any atom is -0.288 e. The normalized spacial score (nSPS) is 11.7. The van der Waals surface area contributed by atoms with Crippen molar-refractivity contribution in [2.45, 2.75) is 6.92 Å². The van der Waals surface area contributed by atoms with Gasteiger partial charge in [-0.15, -0.1) is 0 Å². The van der Waals surface area contributed by atoms with Gasteiger partial charge in [0.2, 0.25) is 0 Å². The van der Waals surface area contributed by atoms with Crippen LogP contribution >= 0.6 is 0 Å². The molecular weight excluding hydrogens is 92.1 g/mol. The Hall–Kier alpha value is -0.570.